The molecule has 0 spiro atoms. The van der Waals surface area contributed by atoms with Gasteiger partial charge in [-0.05, 0) is 32.0 Å². The highest BCUT2D eigenvalue weighted by Crippen LogP contribution is 2.15. The minimum absolute atomic E-state index is 0.318. The van der Waals surface area contributed by atoms with Crippen molar-refractivity contribution >= 4 is 0 Å². The van der Waals surface area contributed by atoms with Crippen molar-refractivity contribution in [2.24, 2.45) is 0 Å². The first-order valence-electron chi connectivity index (χ1n) is 6.94. The second kappa shape index (κ2) is 6.52. The van der Waals surface area contributed by atoms with E-state index in [9.17, 15) is 0 Å². The Morgan fingerprint density at radius 1 is 1.42 bits per heavy atom. The van der Waals surface area contributed by atoms with Crippen molar-refractivity contribution in [3.63, 3.8) is 0 Å². The van der Waals surface area contributed by atoms with Gasteiger partial charge in [-0.1, -0.05) is 19.0 Å². The smallest absolute Gasteiger partial charge is 0.246 e. The van der Waals surface area contributed by atoms with Crippen LogP contribution in [-0.2, 0) is 13.0 Å². The Labute approximate surface area is 114 Å². The lowest BCUT2D eigenvalue weighted by molar-refractivity contribution is 0.363. The fourth-order valence-corrected chi connectivity index (χ4v) is 2.20. The molecule has 0 radical (unpaired) electrons. The molecule has 5 nitrogen and oxygen atoms in total. The molecule has 5 heteroatoms. The number of aryl methyl sites for hydroxylation is 1. The summed E-state index contributed by atoms with van der Waals surface area (Å²) in [5.41, 5.74) is 1.23. The van der Waals surface area contributed by atoms with E-state index in [1.165, 1.54) is 5.69 Å². The fourth-order valence-electron chi connectivity index (χ4n) is 2.20. The van der Waals surface area contributed by atoms with Crippen LogP contribution in [0.15, 0.2) is 22.9 Å². The normalized spacial score (nSPS) is 12.8. The van der Waals surface area contributed by atoms with Crippen LogP contribution in [0.5, 0.6) is 0 Å². The second-order valence-electron chi connectivity index (χ2n) is 4.69. The lowest BCUT2D eigenvalue weighted by atomic mass is 10.2. The summed E-state index contributed by atoms with van der Waals surface area (Å²) in [6.45, 7) is 7.96. The Hall–Kier alpha value is -1.62. The largest absolute Gasteiger partial charge is 0.341 e. The van der Waals surface area contributed by atoms with E-state index in [0.717, 1.165) is 25.2 Å². The highest BCUT2D eigenvalue weighted by atomic mass is 16.5. The summed E-state index contributed by atoms with van der Waals surface area (Å²) in [5.74, 6) is 1.47. The summed E-state index contributed by atoms with van der Waals surface area (Å²) in [7, 11) is 0. The molecular formula is C14H22N4O. The molecule has 0 fully saturated rings. The van der Waals surface area contributed by atoms with Crippen molar-refractivity contribution < 1.29 is 4.52 Å². The maximum Gasteiger partial charge on any atom is 0.246 e. The van der Waals surface area contributed by atoms with E-state index >= 15 is 0 Å². The summed E-state index contributed by atoms with van der Waals surface area (Å²) < 4.78 is 7.43. The molecule has 0 aliphatic rings. The summed E-state index contributed by atoms with van der Waals surface area (Å²) in [6, 6.07) is 4.49. The van der Waals surface area contributed by atoms with Crippen LogP contribution in [0.2, 0.25) is 0 Å². The van der Waals surface area contributed by atoms with Gasteiger partial charge in [0.25, 0.3) is 0 Å². The number of rotatable bonds is 7. The molecule has 104 valence electrons. The first kappa shape index (κ1) is 13.8. The number of hydrogen-bond acceptors (Lipinski definition) is 4. The van der Waals surface area contributed by atoms with Crippen molar-refractivity contribution in [3.05, 3.63) is 35.7 Å². The highest BCUT2D eigenvalue weighted by molar-refractivity contribution is 5.12. The molecule has 2 rings (SSSR count). The van der Waals surface area contributed by atoms with Crippen LogP contribution in [0.1, 0.15) is 50.6 Å². The van der Waals surface area contributed by atoms with Crippen molar-refractivity contribution in [3.8, 4) is 0 Å². The van der Waals surface area contributed by atoms with Gasteiger partial charge in [-0.3, -0.25) is 0 Å². The average Bonchev–Trinajstić information content (AvgIpc) is 3.00. The third-order valence-electron chi connectivity index (χ3n) is 3.11. The van der Waals surface area contributed by atoms with Gasteiger partial charge in [0, 0.05) is 24.4 Å². The lowest BCUT2D eigenvalue weighted by Crippen LogP contribution is -2.20. The number of nitrogens with zero attached hydrogens (tertiary/aromatic N) is 3. The molecule has 2 heterocycles. The van der Waals surface area contributed by atoms with Crippen LogP contribution in [0.3, 0.4) is 0 Å². The third kappa shape index (κ3) is 3.44. The first-order valence-corrected chi connectivity index (χ1v) is 6.94. The van der Waals surface area contributed by atoms with Crippen molar-refractivity contribution in [2.75, 3.05) is 6.54 Å². The topological polar surface area (TPSA) is 55.9 Å². The quantitative estimate of drug-likeness (QED) is 0.833. The maximum absolute atomic E-state index is 5.28. The number of aromatic nitrogens is 3. The first-order chi connectivity index (χ1) is 9.24. The monoisotopic (exact) mass is 262 g/mol. The Morgan fingerprint density at radius 3 is 3.00 bits per heavy atom. The van der Waals surface area contributed by atoms with Crippen LogP contribution < -0.4 is 5.32 Å². The van der Waals surface area contributed by atoms with Gasteiger partial charge in [0.2, 0.25) is 5.89 Å². The van der Waals surface area contributed by atoms with Gasteiger partial charge in [0.15, 0.2) is 5.82 Å². The lowest BCUT2D eigenvalue weighted by Gasteiger charge is -2.15. The maximum atomic E-state index is 5.28. The molecule has 0 aromatic carbocycles. The van der Waals surface area contributed by atoms with E-state index in [-0.39, 0.29) is 0 Å². The van der Waals surface area contributed by atoms with Gasteiger partial charge in [-0.2, -0.15) is 4.98 Å². The molecule has 1 unspecified atom stereocenters. The molecule has 0 aliphatic carbocycles. The Balaban J connectivity index is 2.08. The molecular weight excluding hydrogens is 240 g/mol. The van der Waals surface area contributed by atoms with Crippen LogP contribution in [0, 0.1) is 0 Å². The molecule has 0 saturated heterocycles. The van der Waals surface area contributed by atoms with Gasteiger partial charge in [0.05, 0.1) is 0 Å². The molecule has 19 heavy (non-hydrogen) atoms. The molecule has 0 saturated carbocycles. The molecule has 0 bridgehead atoms. The van der Waals surface area contributed by atoms with Crippen molar-refractivity contribution in [1.82, 2.24) is 20.0 Å². The Morgan fingerprint density at radius 2 is 2.26 bits per heavy atom. The molecule has 2 aromatic rings. The zero-order valence-corrected chi connectivity index (χ0v) is 11.9. The SMILES string of the molecule is CCCc1noc(Cn2cccc2C(C)NCC)n1. The number of hydrogen-bond donors (Lipinski definition) is 1. The standard InChI is InChI=1S/C14H22N4O/c1-4-7-13-16-14(19-17-13)10-18-9-6-8-12(18)11(3)15-5-2/h6,8-9,11,15H,4-5,7,10H2,1-3H3. The van der Waals surface area contributed by atoms with Gasteiger partial charge in [-0.25, -0.2) is 0 Å². The van der Waals surface area contributed by atoms with Crippen LogP contribution in [0.4, 0.5) is 0 Å². The van der Waals surface area contributed by atoms with E-state index in [0.29, 0.717) is 18.5 Å². The van der Waals surface area contributed by atoms with Gasteiger partial charge < -0.3 is 14.4 Å². The molecule has 0 aliphatic heterocycles. The zero-order chi connectivity index (χ0) is 13.7. The number of nitrogens with one attached hydrogen (secondary N) is 1. The van der Waals surface area contributed by atoms with E-state index in [2.05, 4.69) is 46.9 Å². The van der Waals surface area contributed by atoms with E-state index < -0.39 is 0 Å². The third-order valence-corrected chi connectivity index (χ3v) is 3.11. The summed E-state index contributed by atoms with van der Waals surface area (Å²) in [6.07, 6.45) is 3.95. The van der Waals surface area contributed by atoms with Crippen molar-refractivity contribution in [1.29, 1.82) is 0 Å². The average molecular weight is 262 g/mol. The van der Waals surface area contributed by atoms with Crippen LogP contribution in [-0.4, -0.2) is 21.3 Å². The fraction of sp³-hybridized carbons (Fsp3) is 0.571. The minimum Gasteiger partial charge on any atom is -0.341 e. The van der Waals surface area contributed by atoms with E-state index in [1.807, 2.05) is 12.3 Å². The highest BCUT2D eigenvalue weighted by Gasteiger charge is 2.12. The Kier molecular flexibility index (Phi) is 4.74. The molecule has 1 atom stereocenters. The zero-order valence-electron chi connectivity index (χ0n) is 11.9. The summed E-state index contributed by atoms with van der Waals surface area (Å²) in [4.78, 5) is 4.40. The predicted octanol–water partition coefficient (Wildman–Crippen LogP) is 2.54. The van der Waals surface area contributed by atoms with Crippen LogP contribution >= 0.6 is 0 Å². The second-order valence-corrected chi connectivity index (χ2v) is 4.69. The van der Waals surface area contributed by atoms with Gasteiger partial charge >= 0.3 is 0 Å². The molecule has 2 aromatic heterocycles. The minimum atomic E-state index is 0.318. The van der Waals surface area contributed by atoms with Gasteiger partial charge in [-0.15, -0.1) is 0 Å². The predicted molar refractivity (Wildman–Crippen MR) is 73.9 cm³/mol. The van der Waals surface area contributed by atoms with E-state index in [4.69, 9.17) is 4.52 Å². The Bertz CT molecular complexity index is 503. The van der Waals surface area contributed by atoms with E-state index in [1.54, 1.807) is 0 Å². The molecule has 0 amide bonds. The van der Waals surface area contributed by atoms with Gasteiger partial charge in [0.1, 0.15) is 6.54 Å². The van der Waals surface area contributed by atoms with Crippen molar-refractivity contribution in [2.45, 2.75) is 46.2 Å². The molecule has 1 N–H and O–H groups in total. The van der Waals surface area contributed by atoms with Crippen LogP contribution in [0.25, 0.3) is 0 Å². The summed E-state index contributed by atoms with van der Waals surface area (Å²) in [5, 5.41) is 7.39. The summed E-state index contributed by atoms with van der Waals surface area (Å²) >= 11 is 0.